The monoisotopic (exact) mass is 382 g/mol. The van der Waals surface area contributed by atoms with E-state index in [-0.39, 0.29) is 49.1 Å². The zero-order valence-corrected chi connectivity index (χ0v) is 15.6. The number of carbonyl (C=O) groups is 2. The highest BCUT2D eigenvalue weighted by Crippen LogP contribution is 2.35. The lowest BCUT2D eigenvalue weighted by atomic mass is 10.2. The van der Waals surface area contributed by atoms with Gasteiger partial charge in [-0.2, -0.15) is 0 Å². The van der Waals surface area contributed by atoms with E-state index in [2.05, 4.69) is 0 Å². The van der Waals surface area contributed by atoms with Crippen LogP contribution in [0.4, 0.5) is 5.69 Å². The largest absolute Gasteiger partial charge is 0.454 e. The third-order valence-electron chi connectivity index (χ3n) is 4.75. The van der Waals surface area contributed by atoms with Gasteiger partial charge in [0.1, 0.15) is 0 Å². The van der Waals surface area contributed by atoms with E-state index in [0.29, 0.717) is 23.6 Å². The Balaban J connectivity index is 1.64. The normalized spacial score (nSPS) is 20.0. The molecule has 0 N–H and O–H groups in total. The Morgan fingerprint density at radius 2 is 1.96 bits per heavy atom. The van der Waals surface area contributed by atoms with Crippen LogP contribution in [0.3, 0.4) is 0 Å². The van der Waals surface area contributed by atoms with E-state index in [1.165, 1.54) is 16.7 Å². The lowest BCUT2D eigenvalue weighted by molar-refractivity contribution is -0.131. The topological polar surface area (TPSA) is 93.2 Å². The van der Waals surface area contributed by atoms with Crippen molar-refractivity contribution in [3.05, 3.63) is 18.2 Å². The SMILES string of the molecule is CC(=O)N(CCC(=O)N(C)C1CCS(=O)(=O)C1)c1ccc2c(c1)OCO2. The first-order chi connectivity index (χ1) is 12.3. The summed E-state index contributed by atoms with van der Waals surface area (Å²) in [5, 5.41) is 0. The summed E-state index contributed by atoms with van der Waals surface area (Å²) in [5.41, 5.74) is 0.626. The number of rotatable bonds is 5. The Hall–Kier alpha value is -2.29. The molecule has 1 aromatic carbocycles. The van der Waals surface area contributed by atoms with E-state index in [1.807, 2.05) is 0 Å². The Kier molecular flexibility index (Phi) is 5.08. The van der Waals surface area contributed by atoms with E-state index in [0.717, 1.165) is 0 Å². The van der Waals surface area contributed by atoms with Crippen LogP contribution in [-0.2, 0) is 19.4 Å². The summed E-state index contributed by atoms with van der Waals surface area (Å²) in [6.07, 6.45) is 0.574. The molecule has 3 rings (SSSR count). The summed E-state index contributed by atoms with van der Waals surface area (Å²) in [6.45, 7) is 1.78. The molecule has 0 aromatic heterocycles. The number of hydrogen-bond acceptors (Lipinski definition) is 6. The number of amides is 2. The van der Waals surface area contributed by atoms with Crippen LogP contribution in [0.5, 0.6) is 11.5 Å². The van der Waals surface area contributed by atoms with Crippen molar-refractivity contribution < 1.29 is 27.5 Å². The van der Waals surface area contributed by atoms with Gasteiger partial charge in [0.25, 0.3) is 0 Å². The molecule has 0 saturated carbocycles. The summed E-state index contributed by atoms with van der Waals surface area (Å²) < 4.78 is 33.8. The van der Waals surface area contributed by atoms with Crippen LogP contribution < -0.4 is 14.4 Å². The zero-order chi connectivity index (χ0) is 18.9. The number of hydrogen-bond donors (Lipinski definition) is 0. The number of carbonyl (C=O) groups excluding carboxylic acids is 2. The minimum absolute atomic E-state index is 0.00776. The lowest BCUT2D eigenvalue weighted by Gasteiger charge is -2.26. The Bertz CT molecular complexity index is 823. The number of benzene rings is 1. The molecule has 0 bridgehead atoms. The van der Waals surface area contributed by atoms with Crippen molar-refractivity contribution in [1.82, 2.24) is 4.90 Å². The van der Waals surface area contributed by atoms with Gasteiger partial charge in [-0.15, -0.1) is 0 Å². The van der Waals surface area contributed by atoms with Crippen molar-refractivity contribution in [3.8, 4) is 11.5 Å². The number of anilines is 1. The van der Waals surface area contributed by atoms with E-state index < -0.39 is 9.84 Å². The van der Waals surface area contributed by atoms with E-state index in [4.69, 9.17) is 9.47 Å². The quantitative estimate of drug-likeness (QED) is 0.748. The number of nitrogens with zero attached hydrogens (tertiary/aromatic N) is 2. The van der Waals surface area contributed by atoms with Crippen molar-refractivity contribution in [3.63, 3.8) is 0 Å². The second-order valence-electron chi connectivity index (χ2n) is 6.52. The molecule has 1 aromatic rings. The van der Waals surface area contributed by atoms with Crippen LogP contribution in [-0.4, -0.2) is 63.1 Å². The van der Waals surface area contributed by atoms with Crippen LogP contribution in [0.15, 0.2) is 18.2 Å². The molecule has 142 valence electrons. The van der Waals surface area contributed by atoms with E-state index >= 15 is 0 Å². The molecule has 1 saturated heterocycles. The molecule has 0 radical (unpaired) electrons. The lowest BCUT2D eigenvalue weighted by Crippen LogP contribution is -2.40. The van der Waals surface area contributed by atoms with Gasteiger partial charge in [-0.1, -0.05) is 0 Å². The first-order valence-electron chi connectivity index (χ1n) is 8.41. The maximum Gasteiger partial charge on any atom is 0.231 e. The molecule has 8 nitrogen and oxygen atoms in total. The molecule has 2 amide bonds. The molecule has 26 heavy (non-hydrogen) atoms. The van der Waals surface area contributed by atoms with Gasteiger partial charge in [-0.3, -0.25) is 9.59 Å². The second-order valence-corrected chi connectivity index (χ2v) is 8.75. The first kappa shape index (κ1) is 18.5. The van der Waals surface area contributed by atoms with Gasteiger partial charge in [0, 0.05) is 44.7 Å². The second kappa shape index (κ2) is 7.14. The van der Waals surface area contributed by atoms with Gasteiger partial charge >= 0.3 is 0 Å². The Labute approximate surface area is 152 Å². The fourth-order valence-corrected chi connectivity index (χ4v) is 4.96. The van der Waals surface area contributed by atoms with Gasteiger partial charge in [-0.25, -0.2) is 8.42 Å². The molecule has 0 aliphatic carbocycles. The zero-order valence-electron chi connectivity index (χ0n) is 14.8. The molecule has 9 heteroatoms. The minimum Gasteiger partial charge on any atom is -0.454 e. The molecule has 0 spiro atoms. The van der Waals surface area contributed by atoms with Crippen LogP contribution in [0.1, 0.15) is 19.8 Å². The van der Waals surface area contributed by atoms with Gasteiger partial charge in [0.2, 0.25) is 18.6 Å². The molecular formula is C17H22N2O6S. The fraction of sp³-hybridized carbons (Fsp3) is 0.529. The molecule has 1 unspecified atom stereocenters. The van der Waals surface area contributed by atoms with Gasteiger partial charge in [0.15, 0.2) is 21.3 Å². The fourth-order valence-electron chi connectivity index (χ4n) is 3.19. The average Bonchev–Trinajstić information content (AvgIpc) is 3.19. The Morgan fingerprint density at radius 1 is 1.23 bits per heavy atom. The highest BCUT2D eigenvalue weighted by atomic mass is 32.2. The summed E-state index contributed by atoms with van der Waals surface area (Å²) in [6, 6.07) is 4.89. The van der Waals surface area contributed by atoms with E-state index in [1.54, 1.807) is 25.2 Å². The number of fused-ring (bicyclic) bond motifs is 1. The molecule has 2 aliphatic heterocycles. The maximum atomic E-state index is 12.4. The van der Waals surface area contributed by atoms with Crippen molar-refractivity contribution in [1.29, 1.82) is 0 Å². The predicted octanol–water partition coefficient (Wildman–Crippen LogP) is 0.804. The minimum atomic E-state index is -3.05. The highest BCUT2D eigenvalue weighted by Gasteiger charge is 2.32. The van der Waals surface area contributed by atoms with Crippen molar-refractivity contribution in [2.75, 3.05) is 36.8 Å². The average molecular weight is 382 g/mol. The number of ether oxygens (including phenoxy) is 2. The van der Waals surface area contributed by atoms with Gasteiger partial charge in [-0.05, 0) is 18.6 Å². The molecule has 1 fully saturated rings. The van der Waals surface area contributed by atoms with Gasteiger partial charge < -0.3 is 19.3 Å². The number of sulfone groups is 1. The maximum absolute atomic E-state index is 12.4. The molecule has 1 atom stereocenters. The van der Waals surface area contributed by atoms with Crippen LogP contribution in [0.2, 0.25) is 0 Å². The Morgan fingerprint density at radius 3 is 2.62 bits per heavy atom. The summed E-state index contributed by atoms with van der Waals surface area (Å²) >= 11 is 0. The van der Waals surface area contributed by atoms with Crippen molar-refractivity contribution >= 4 is 27.3 Å². The first-order valence-corrected chi connectivity index (χ1v) is 10.2. The molecular weight excluding hydrogens is 360 g/mol. The van der Waals surface area contributed by atoms with Crippen molar-refractivity contribution in [2.24, 2.45) is 0 Å². The standard InChI is InChI=1S/C17H22N2O6S/c1-12(20)19(13-3-4-15-16(9-13)25-11-24-15)7-5-17(21)18(2)14-6-8-26(22,23)10-14/h3-4,9,14H,5-8,10-11H2,1-2H3. The summed E-state index contributed by atoms with van der Waals surface area (Å²) in [5.74, 6) is 0.936. The predicted molar refractivity (Wildman–Crippen MR) is 95.0 cm³/mol. The van der Waals surface area contributed by atoms with Crippen LogP contribution in [0.25, 0.3) is 0 Å². The molecule has 2 heterocycles. The van der Waals surface area contributed by atoms with Gasteiger partial charge in [0.05, 0.1) is 11.5 Å². The molecule has 2 aliphatic rings. The smallest absolute Gasteiger partial charge is 0.231 e. The third kappa shape index (κ3) is 3.92. The third-order valence-corrected chi connectivity index (χ3v) is 6.50. The highest BCUT2D eigenvalue weighted by molar-refractivity contribution is 7.91. The van der Waals surface area contributed by atoms with Crippen LogP contribution in [0, 0.1) is 0 Å². The summed E-state index contributed by atoms with van der Waals surface area (Å²) in [7, 11) is -1.43. The van der Waals surface area contributed by atoms with Crippen molar-refractivity contribution in [2.45, 2.75) is 25.8 Å². The van der Waals surface area contributed by atoms with Crippen LogP contribution >= 0.6 is 0 Å². The summed E-state index contributed by atoms with van der Waals surface area (Å²) in [4.78, 5) is 27.4. The van der Waals surface area contributed by atoms with E-state index in [9.17, 15) is 18.0 Å².